The van der Waals surface area contributed by atoms with Crippen LogP contribution < -0.4 is 0 Å². The first-order valence-electron chi connectivity index (χ1n) is 6.43. The predicted molar refractivity (Wildman–Crippen MR) is 81.6 cm³/mol. The Kier molecular flexibility index (Phi) is 2.72. The normalized spacial score (nSPS) is 11.0. The van der Waals surface area contributed by atoms with Crippen LogP contribution in [0.25, 0.3) is 27.7 Å². The van der Waals surface area contributed by atoms with Crippen LogP contribution in [0.5, 0.6) is 0 Å². The fourth-order valence-corrected chi connectivity index (χ4v) is 3.28. The Labute approximate surface area is 124 Å². The molecule has 3 heterocycles. The minimum atomic E-state index is 0.545. The van der Waals surface area contributed by atoms with Gasteiger partial charge in [-0.3, -0.25) is 9.20 Å². The number of aromatic nitrogens is 2. The van der Waals surface area contributed by atoms with Crippen molar-refractivity contribution in [3.05, 3.63) is 59.8 Å². The van der Waals surface area contributed by atoms with Gasteiger partial charge in [-0.05, 0) is 12.1 Å². The molecule has 0 saturated carbocycles. The summed E-state index contributed by atoms with van der Waals surface area (Å²) in [5.41, 5.74) is 3.02. The summed E-state index contributed by atoms with van der Waals surface area (Å²) in [4.78, 5) is 17.0. The van der Waals surface area contributed by atoms with Crippen LogP contribution in [0.4, 0.5) is 0 Å². The topological polar surface area (TPSA) is 47.5 Å². The van der Waals surface area contributed by atoms with Crippen molar-refractivity contribution < 1.29 is 9.21 Å². The summed E-state index contributed by atoms with van der Waals surface area (Å²) in [5, 5.41) is 1.95. The van der Waals surface area contributed by atoms with E-state index < -0.39 is 0 Å². The van der Waals surface area contributed by atoms with Gasteiger partial charge in [0.05, 0.1) is 6.26 Å². The number of benzene rings is 1. The zero-order valence-electron chi connectivity index (χ0n) is 10.9. The molecule has 0 amide bonds. The first-order valence-corrected chi connectivity index (χ1v) is 7.31. The van der Waals surface area contributed by atoms with E-state index in [2.05, 4.69) is 4.98 Å². The summed E-state index contributed by atoms with van der Waals surface area (Å²) in [6.45, 7) is 0. The number of fused-ring (bicyclic) bond motifs is 1. The van der Waals surface area contributed by atoms with E-state index in [1.165, 1.54) is 11.3 Å². The molecule has 0 bridgehead atoms. The third-order valence-electron chi connectivity index (χ3n) is 3.33. The number of furan rings is 1. The molecule has 0 aliphatic carbocycles. The van der Waals surface area contributed by atoms with Gasteiger partial charge >= 0.3 is 0 Å². The fraction of sp³-hybridized carbons (Fsp3) is 0. The van der Waals surface area contributed by atoms with Gasteiger partial charge in [0.15, 0.2) is 17.0 Å². The lowest BCUT2D eigenvalue weighted by Crippen LogP contribution is -1.93. The lowest BCUT2D eigenvalue weighted by atomic mass is 10.1. The molecule has 21 heavy (non-hydrogen) atoms. The summed E-state index contributed by atoms with van der Waals surface area (Å²) < 4.78 is 7.29. The highest BCUT2D eigenvalue weighted by molar-refractivity contribution is 7.15. The molecule has 1 aromatic carbocycles. The molecule has 0 radical (unpaired) electrons. The number of hydrogen-bond acceptors (Lipinski definition) is 4. The van der Waals surface area contributed by atoms with Gasteiger partial charge in [0.1, 0.15) is 17.1 Å². The first kappa shape index (κ1) is 12.1. The van der Waals surface area contributed by atoms with E-state index in [0.29, 0.717) is 11.4 Å². The number of imidazole rings is 1. The molecule has 4 rings (SSSR count). The Hall–Kier alpha value is -2.66. The predicted octanol–water partition coefficient (Wildman–Crippen LogP) is 4.14. The maximum atomic E-state index is 11.6. The number of carbonyl (C=O) groups is 1. The van der Waals surface area contributed by atoms with Gasteiger partial charge in [-0.2, -0.15) is 0 Å². The van der Waals surface area contributed by atoms with Crippen molar-refractivity contribution in [1.82, 2.24) is 9.38 Å². The van der Waals surface area contributed by atoms with Crippen molar-refractivity contribution in [3.63, 3.8) is 0 Å². The molecule has 0 aliphatic rings. The Morgan fingerprint density at radius 3 is 2.71 bits per heavy atom. The molecule has 3 aromatic heterocycles. The molecule has 0 saturated heterocycles. The van der Waals surface area contributed by atoms with Gasteiger partial charge in [-0.1, -0.05) is 30.3 Å². The molecular weight excluding hydrogens is 284 g/mol. The van der Waals surface area contributed by atoms with Crippen molar-refractivity contribution in [2.75, 3.05) is 0 Å². The zero-order chi connectivity index (χ0) is 14.2. The number of rotatable bonds is 3. The second-order valence-electron chi connectivity index (χ2n) is 4.55. The second kappa shape index (κ2) is 4.71. The van der Waals surface area contributed by atoms with Gasteiger partial charge in [-0.25, -0.2) is 4.98 Å². The van der Waals surface area contributed by atoms with E-state index >= 15 is 0 Å². The third-order valence-corrected chi connectivity index (χ3v) is 4.16. The molecule has 102 valence electrons. The molecule has 5 heteroatoms. The van der Waals surface area contributed by atoms with Crippen LogP contribution in [0.3, 0.4) is 0 Å². The Balaban J connectivity index is 2.01. The highest BCUT2D eigenvalue weighted by Crippen LogP contribution is 2.32. The van der Waals surface area contributed by atoms with Crippen molar-refractivity contribution in [2.24, 2.45) is 0 Å². The Morgan fingerprint density at radius 1 is 1.14 bits per heavy atom. The van der Waals surface area contributed by atoms with Gasteiger partial charge in [0, 0.05) is 10.9 Å². The van der Waals surface area contributed by atoms with Crippen LogP contribution in [-0.2, 0) is 0 Å². The van der Waals surface area contributed by atoms with E-state index in [0.717, 1.165) is 28.3 Å². The highest BCUT2D eigenvalue weighted by Gasteiger charge is 2.19. The number of aldehydes is 1. The SMILES string of the molecule is O=Cc1c(-c2ccccc2)nc2scc(-c3ccco3)n12. The summed E-state index contributed by atoms with van der Waals surface area (Å²) >= 11 is 1.49. The van der Waals surface area contributed by atoms with Crippen molar-refractivity contribution >= 4 is 22.6 Å². The Bertz CT molecular complexity index is 905. The molecular formula is C16H10N2O2S. The number of carbonyl (C=O) groups excluding carboxylic acids is 1. The van der Waals surface area contributed by atoms with Gasteiger partial charge in [-0.15, -0.1) is 11.3 Å². The van der Waals surface area contributed by atoms with Crippen LogP contribution in [-0.4, -0.2) is 15.7 Å². The average Bonchev–Trinajstić information content (AvgIpc) is 3.23. The van der Waals surface area contributed by atoms with Crippen LogP contribution in [0.15, 0.2) is 58.5 Å². The van der Waals surface area contributed by atoms with E-state index in [9.17, 15) is 4.79 Å². The average molecular weight is 294 g/mol. The summed E-state index contributed by atoms with van der Waals surface area (Å²) in [6, 6.07) is 13.4. The van der Waals surface area contributed by atoms with Gasteiger partial charge < -0.3 is 4.42 Å². The lowest BCUT2D eigenvalue weighted by Gasteiger charge is -2.00. The standard InChI is InChI=1S/C16H10N2O2S/c19-9-12-15(11-5-2-1-3-6-11)17-16-18(12)13(10-21-16)14-7-4-8-20-14/h1-10H. The molecule has 0 N–H and O–H groups in total. The minimum Gasteiger partial charge on any atom is -0.463 e. The minimum absolute atomic E-state index is 0.545. The second-order valence-corrected chi connectivity index (χ2v) is 5.38. The largest absolute Gasteiger partial charge is 0.463 e. The molecule has 0 atom stereocenters. The molecule has 0 aliphatic heterocycles. The van der Waals surface area contributed by atoms with Crippen LogP contribution in [0, 0.1) is 0 Å². The van der Waals surface area contributed by atoms with Crippen molar-refractivity contribution in [1.29, 1.82) is 0 Å². The van der Waals surface area contributed by atoms with E-state index in [-0.39, 0.29) is 0 Å². The van der Waals surface area contributed by atoms with E-state index in [4.69, 9.17) is 4.42 Å². The van der Waals surface area contributed by atoms with Crippen molar-refractivity contribution in [3.8, 4) is 22.7 Å². The Morgan fingerprint density at radius 2 is 2.00 bits per heavy atom. The summed E-state index contributed by atoms with van der Waals surface area (Å²) in [6.07, 6.45) is 2.47. The van der Waals surface area contributed by atoms with E-state index in [1.807, 2.05) is 52.2 Å². The van der Waals surface area contributed by atoms with Crippen LogP contribution in [0.1, 0.15) is 10.5 Å². The zero-order valence-corrected chi connectivity index (χ0v) is 11.7. The fourth-order valence-electron chi connectivity index (χ4n) is 2.39. The number of thiazole rings is 1. The number of hydrogen-bond donors (Lipinski definition) is 0. The van der Waals surface area contributed by atoms with E-state index in [1.54, 1.807) is 6.26 Å². The summed E-state index contributed by atoms with van der Waals surface area (Å²) in [5.74, 6) is 0.723. The van der Waals surface area contributed by atoms with Crippen molar-refractivity contribution in [2.45, 2.75) is 0 Å². The van der Waals surface area contributed by atoms with Crippen LogP contribution in [0.2, 0.25) is 0 Å². The monoisotopic (exact) mass is 294 g/mol. The number of nitrogens with zero attached hydrogens (tertiary/aromatic N) is 2. The molecule has 4 aromatic rings. The first-order chi connectivity index (χ1) is 10.4. The maximum Gasteiger partial charge on any atom is 0.195 e. The molecule has 0 spiro atoms. The lowest BCUT2D eigenvalue weighted by molar-refractivity contribution is 0.111. The smallest absolute Gasteiger partial charge is 0.195 e. The molecule has 0 unspecified atom stereocenters. The molecule has 0 fully saturated rings. The van der Waals surface area contributed by atoms with Gasteiger partial charge in [0.25, 0.3) is 0 Å². The molecule has 4 nitrogen and oxygen atoms in total. The van der Waals surface area contributed by atoms with Crippen LogP contribution >= 0.6 is 11.3 Å². The quantitative estimate of drug-likeness (QED) is 0.534. The summed E-state index contributed by atoms with van der Waals surface area (Å²) in [7, 11) is 0. The third kappa shape index (κ3) is 1.82. The maximum absolute atomic E-state index is 11.6. The highest BCUT2D eigenvalue weighted by atomic mass is 32.1. The van der Waals surface area contributed by atoms with Gasteiger partial charge in [0.2, 0.25) is 0 Å².